The van der Waals surface area contributed by atoms with Crippen LogP contribution >= 0.6 is 0 Å². The first kappa shape index (κ1) is 9.90. The lowest BCUT2D eigenvalue weighted by Gasteiger charge is -2.13. The van der Waals surface area contributed by atoms with Gasteiger partial charge in [0.05, 0.1) is 0 Å². The van der Waals surface area contributed by atoms with E-state index in [2.05, 4.69) is 60.7 Å². The highest BCUT2D eigenvalue weighted by Crippen LogP contribution is 2.14. The van der Waals surface area contributed by atoms with Gasteiger partial charge in [-0.1, -0.05) is 60.7 Å². The van der Waals surface area contributed by atoms with E-state index in [1.165, 1.54) is 32.0 Å². The summed E-state index contributed by atoms with van der Waals surface area (Å²) in [5.41, 5.74) is 3.03. The predicted octanol–water partition coefficient (Wildman–Crippen LogP) is 2.20. The van der Waals surface area contributed by atoms with Gasteiger partial charge >= 0.3 is 0 Å². The number of allylic oxidation sites excluding steroid dienone is 2. The molecule has 0 atom stereocenters. The molecule has 0 heterocycles. The molecule has 86 valence electrons. The summed E-state index contributed by atoms with van der Waals surface area (Å²) in [5, 5.41) is 5.58. The molecule has 18 heavy (non-hydrogen) atoms. The number of fused-ring (bicyclic) bond motifs is 4. The van der Waals surface area contributed by atoms with Gasteiger partial charge in [0.15, 0.2) is 0 Å². The standard InChI is InChI=1S/C18H14/c1-3-7-15-13(5-1)9-11-18-16-8-4-2-6-14(16)10-12-17(15)18/h1-7,9-10,12H,8,11H2. The first-order valence-corrected chi connectivity index (χ1v) is 6.51. The van der Waals surface area contributed by atoms with Crippen molar-refractivity contribution in [2.24, 2.45) is 0 Å². The molecule has 0 aliphatic heterocycles. The Hall–Kier alpha value is -2.08. The SMILES string of the molecule is C1=CCc2c3c(ccc2=C1)=c1ccccc1=CC3. The third-order valence-electron chi connectivity index (χ3n) is 3.98. The molecule has 0 spiro atoms. The van der Waals surface area contributed by atoms with Gasteiger partial charge in [0, 0.05) is 0 Å². The molecule has 4 rings (SSSR count). The minimum absolute atomic E-state index is 1.07. The van der Waals surface area contributed by atoms with Crippen LogP contribution in [0.2, 0.25) is 0 Å². The van der Waals surface area contributed by atoms with Gasteiger partial charge < -0.3 is 0 Å². The van der Waals surface area contributed by atoms with Crippen molar-refractivity contribution in [3.63, 3.8) is 0 Å². The topological polar surface area (TPSA) is 0 Å². The van der Waals surface area contributed by atoms with Gasteiger partial charge in [-0.2, -0.15) is 0 Å². The molecular weight excluding hydrogens is 216 g/mol. The van der Waals surface area contributed by atoms with Crippen molar-refractivity contribution in [3.8, 4) is 0 Å². The summed E-state index contributed by atoms with van der Waals surface area (Å²) in [6.07, 6.45) is 11.1. The molecule has 2 aliphatic carbocycles. The van der Waals surface area contributed by atoms with Crippen LogP contribution in [0.4, 0.5) is 0 Å². The van der Waals surface area contributed by atoms with Gasteiger partial charge in [-0.25, -0.2) is 0 Å². The largest absolute Gasteiger partial charge is 0.0801 e. The minimum atomic E-state index is 1.07. The van der Waals surface area contributed by atoms with Crippen LogP contribution in [0, 0.1) is 10.4 Å². The molecule has 0 aromatic heterocycles. The van der Waals surface area contributed by atoms with E-state index in [9.17, 15) is 0 Å². The van der Waals surface area contributed by atoms with Gasteiger partial charge in [0.25, 0.3) is 0 Å². The van der Waals surface area contributed by atoms with Gasteiger partial charge in [-0.15, -0.1) is 0 Å². The van der Waals surface area contributed by atoms with Crippen molar-refractivity contribution >= 4 is 12.2 Å². The average molecular weight is 230 g/mol. The maximum absolute atomic E-state index is 2.36. The maximum Gasteiger partial charge on any atom is -0.00790 e. The van der Waals surface area contributed by atoms with Crippen LogP contribution in [0.5, 0.6) is 0 Å². The van der Waals surface area contributed by atoms with Gasteiger partial charge in [-0.05, 0) is 44.8 Å². The number of rotatable bonds is 0. The molecule has 0 heteroatoms. The van der Waals surface area contributed by atoms with E-state index in [-0.39, 0.29) is 0 Å². The summed E-state index contributed by atoms with van der Waals surface area (Å²) in [7, 11) is 0. The molecule has 0 nitrogen and oxygen atoms in total. The Morgan fingerprint density at radius 3 is 2.67 bits per heavy atom. The normalized spacial score (nSPS) is 14.9. The molecule has 0 radical (unpaired) electrons. The second-order valence-corrected chi connectivity index (χ2v) is 4.95. The highest BCUT2D eigenvalue weighted by Gasteiger charge is 2.08. The van der Waals surface area contributed by atoms with Crippen LogP contribution in [0.25, 0.3) is 12.2 Å². The summed E-state index contributed by atoms with van der Waals surface area (Å²) in [6, 6.07) is 13.3. The average Bonchev–Trinajstić information content (AvgIpc) is 2.46. The van der Waals surface area contributed by atoms with Crippen molar-refractivity contribution in [2.45, 2.75) is 12.8 Å². The molecule has 0 saturated heterocycles. The van der Waals surface area contributed by atoms with Crippen molar-refractivity contribution in [2.75, 3.05) is 0 Å². The highest BCUT2D eigenvalue weighted by atomic mass is 14.1. The second-order valence-electron chi connectivity index (χ2n) is 4.95. The predicted molar refractivity (Wildman–Crippen MR) is 75.3 cm³/mol. The first-order chi connectivity index (χ1) is 8.93. The van der Waals surface area contributed by atoms with E-state index in [0.29, 0.717) is 0 Å². The molecule has 0 unspecified atom stereocenters. The lowest BCUT2D eigenvalue weighted by atomic mass is 9.91. The molecule has 2 aliphatic rings. The quantitative estimate of drug-likeness (QED) is 0.651. The fourth-order valence-electron chi connectivity index (χ4n) is 3.08. The van der Waals surface area contributed by atoms with Gasteiger partial charge in [0.1, 0.15) is 0 Å². The number of benzene rings is 2. The summed E-state index contributed by atoms with van der Waals surface area (Å²) >= 11 is 0. The van der Waals surface area contributed by atoms with Crippen LogP contribution in [0.1, 0.15) is 11.1 Å². The van der Waals surface area contributed by atoms with Crippen LogP contribution in [0.3, 0.4) is 0 Å². The van der Waals surface area contributed by atoms with Gasteiger partial charge in [0.2, 0.25) is 0 Å². The van der Waals surface area contributed by atoms with E-state index in [0.717, 1.165) is 12.8 Å². The molecule has 0 amide bonds. The maximum atomic E-state index is 2.36. The second kappa shape index (κ2) is 3.71. The molecule has 0 bridgehead atoms. The Balaban J connectivity index is 2.26. The van der Waals surface area contributed by atoms with Crippen molar-refractivity contribution in [1.29, 1.82) is 0 Å². The number of hydrogen-bond donors (Lipinski definition) is 0. The molecule has 2 aromatic carbocycles. The Kier molecular flexibility index (Phi) is 2.04. The molecule has 2 aromatic rings. The van der Waals surface area contributed by atoms with E-state index in [1.54, 1.807) is 0 Å². The summed E-state index contributed by atoms with van der Waals surface area (Å²) in [4.78, 5) is 0. The fraction of sp³-hybridized carbons (Fsp3) is 0.111. The van der Waals surface area contributed by atoms with E-state index >= 15 is 0 Å². The zero-order valence-electron chi connectivity index (χ0n) is 10.2. The molecule has 0 N–H and O–H groups in total. The first-order valence-electron chi connectivity index (χ1n) is 6.51. The fourth-order valence-corrected chi connectivity index (χ4v) is 3.08. The molecular formula is C18H14. The Morgan fingerprint density at radius 1 is 0.722 bits per heavy atom. The van der Waals surface area contributed by atoms with Crippen LogP contribution < -0.4 is 10.4 Å². The smallest absolute Gasteiger partial charge is 0.00790 e. The van der Waals surface area contributed by atoms with Crippen molar-refractivity contribution < 1.29 is 0 Å². The third kappa shape index (κ3) is 1.32. The van der Waals surface area contributed by atoms with E-state index in [4.69, 9.17) is 0 Å². The van der Waals surface area contributed by atoms with E-state index < -0.39 is 0 Å². The zero-order chi connectivity index (χ0) is 11.9. The van der Waals surface area contributed by atoms with Crippen molar-refractivity contribution in [1.82, 2.24) is 0 Å². The van der Waals surface area contributed by atoms with Crippen molar-refractivity contribution in [3.05, 3.63) is 80.6 Å². The monoisotopic (exact) mass is 230 g/mol. The Bertz CT molecular complexity index is 867. The summed E-state index contributed by atoms with van der Waals surface area (Å²) in [5.74, 6) is 0. The minimum Gasteiger partial charge on any atom is -0.0801 e. The van der Waals surface area contributed by atoms with Crippen LogP contribution in [-0.2, 0) is 12.8 Å². The zero-order valence-corrected chi connectivity index (χ0v) is 10.2. The molecule has 0 fully saturated rings. The van der Waals surface area contributed by atoms with E-state index in [1.807, 2.05) is 0 Å². The Morgan fingerprint density at radius 2 is 1.67 bits per heavy atom. The van der Waals surface area contributed by atoms with Crippen LogP contribution in [0.15, 0.2) is 48.6 Å². The lowest BCUT2D eigenvalue weighted by Crippen LogP contribution is -2.18. The number of hydrogen-bond acceptors (Lipinski definition) is 0. The summed E-state index contributed by atoms with van der Waals surface area (Å²) in [6.45, 7) is 0. The summed E-state index contributed by atoms with van der Waals surface area (Å²) < 4.78 is 0. The Labute approximate surface area is 106 Å². The van der Waals surface area contributed by atoms with Gasteiger partial charge in [-0.3, -0.25) is 0 Å². The third-order valence-corrected chi connectivity index (χ3v) is 3.98. The van der Waals surface area contributed by atoms with Crippen LogP contribution in [-0.4, -0.2) is 0 Å². The molecule has 0 saturated carbocycles. The lowest BCUT2D eigenvalue weighted by molar-refractivity contribution is 1.10. The highest BCUT2D eigenvalue weighted by molar-refractivity contribution is 5.51.